The normalized spacial score (nSPS) is 10.6. The number of rotatable bonds is 1. The van der Waals surface area contributed by atoms with Crippen LogP contribution in [0, 0.1) is 6.92 Å². The summed E-state index contributed by atoms with van der Waals surface area (Å²) >= 11 is 3.34. The van der Waals surface area contributed by atoms with Crippen molar-refractivity contribution < 1.29 is 4.79 Å². The number of hydrogen-bond donors (Lipinski definition) is 0. The Balaban J connectivity index is 2.88. The van der Waals surface area contributed by atoms with Gasteiger partial charge in [0, 0.05) is 10.7 Å². The van der Waals surface area contributed by atoms with Crippen LogP contribution in [0.4, 0.5) is 0 Å². The van der Waals surface area contributed by atoms with E-state index in [0.29, 0.717) is 5.69 Å². The first kappa shape index (κ1) is 8.44. The molecule has 0 unspecified atom stereocenters. The number of carbonyl (C=O) groups excluding carboxylic acids is 1. The lowest BCUT2D eigenvalue weighted by Gasteiger charge is -1.95. The molecule has 0 N–H and O–H groups in total. The lowest BCUT2D eigenvalue weighted by molar-refractivity contribution is 0.111. The Bertz CT molecular complexity index is 476. The predicted octanol–water partition coefficient (Wildman–Crippen LogP) is 2.22. The van der Waals surface area contributed by atoms with Crippen LogP contribution in [0.15, 0.2) is 22.8 Å². The molecule has 3 nitrogen and oxygen atoms in total. The van der Waals surface area contributed by atoms with Crippen LogP contribution in [0.2, 0.25) is 0 Å². The molecule has 2 aromatic rings. The first-order chi connectivity index (χ1) is 6.22. The first-order valence-electron chi connectivity index (χ1n) is 3.82. The van der Waals surface area contributed by atoms with E-state index in [1.165, 1.54) is 0 Å². The van der Waals surface area contributed by atoms with Crippen molar-refractivity contribution in [3.63, 3.8) is 0 Å². The van der Waals surface area contributed by atoms with Crippen molar-refractivity contribution in [2.24, 2.45) is 0 Å². The third kappa shape index (κ3) is 1.27. The summed E-state index contributed by atoms with van der Waals surface area (Å²) in [5.74, 6) is 0. The first-order valence-corrected chi connectivity index (χ1v) is 4.61. The van der Waals surface area contributed by atoms with Gasteiger partial charge in [-0.2, -0.15) is 0 Å². The molecular formula is C9H7BrN2O. The van der Waals surface area contributed by atoms with Gasteiger partial charge in [-0.3, -0.25) is 9.20 Å². The number of fused-ring (bicyclic) bond motifs is 1. The highest BCUT2D eigenvalue weighted by atomic mass is 79.9. The van der Waals surface area contributed by atoms with Crippen LogP contribution in [0.5, 0.6) is 0 Å². The van der Waals surface area contributed by atoms with Gasteiger partial charge in [-0.1, -0.05) is 0 Å². The number of imidazole rings is 1. The molecule has 0 saturated carbocycles. The summed E-state index contributed by atoms with van der Waals surface area (Å²) < 4.78 is 2.70. The predicted molar refractivity (Wildman–Crippen MR) is 53.0 cm³/mol. The van der Waals surface area contributed by atoms with Gasteiger partial charge in [-0.05, 0) is 35.0 Å². The molecule has 0 fully saturated rings. The van der Waals surface area contributed by atoms with Gasteiger partial charge >= 0.3 is 0 Å². The Hall–Kier alpha value is -1.16. The maximum absolute atomic E-state index is 10.7. The van der Waals surface area contributed by atoms with E-state index in [-0.39, 0.29) is 0 Å². The number of hydrogen-bond acceptors (Lipinski definition) is 2. The minimum atomic E-state index is 0.608. The van der Waals surface area contributed by atoms with Gasteiger partial charge in [0.15, 0.2) is 6.29 Å². The molecule has 0 aromatic carbocycles. The van der Waals surface area contributed by atoms with Gasteiger partial charge in [0.05, 0.1) is 5.69 Å². The fourth-order valence-corrected chi connectivity index (χ4v) is 1.63. The highest BCUT2D eigenvalue weighted by Gasteiger charge is 2.06. The number of carbonyl (C=O) groups is 1. The van der Waals surface area contributed by atoms with Crippen LogP contribution in [-0.4, -0.2) is 15.7 Å². The van der Waals surface area contributed by atoms with E-state index in [4.69, 9.17) is 0 Å². The van der Waals surface area contributed by atoms with Crippen molar-refractivity contribution in [3.8, 4) is 0 Å². The lowest BCUT2D eigenvalue weighted by Crippen LogP contribution is -1.91. The van der Waals surface area contributed by atoms with E-state index in [9.17, 15) is 4.79 Å². The molecule has 4 heteroatoms. The van der Waals surface area contributed by atoms with Crippen LogP contribution >= 0.6 is 15.9 Å². The molecule has 0 spiro atoms. The fraction of sp³-hybridized carbons (Fsp3) is 0.111. The second-order valence-electron chi connectivity index (χ2n) is 2.78. The number of aldehydes is 1. The molecule has 0 aliphatic heterocycles. The van der Waals surface area contributed by atoms with Crippen molar-refractivity contribution in [2.75, 3.05) is 0 Å². The zero-order valence-electron chi connectivity index (χ0n) is 6.99. The molecule has 0 aliphatic carbocycles. The van der Waals surface area contributed by atoms with Crippen molar-refractivity contribution in [1.82, 2.24) is 9.38 Å². The Morgan fingerprint density at radius 2 is 2.31 bits per heavy atom. The molecule has 0 saturated heterocycles. The third-order valence-corrected chi connectivity index (χ3v) is 2.38. The monoisotopic (exact) mass is 238 g/mol. The standard InChI is InChI=1S/C9H7BrN2O/c1-6-8(5-13)12-4-7(10)2-3-9(12)11-6/h2-5H,1H3. The summed E-state index contributed by atoms with van der Waals surface area (Å²) in [6.45, 7) is 1.82. The Kier molecular flexibility index (Phi) is 1.92. The van der Waals surface area contributed by atoms with Crippen LogP contribution in [0.1, 0.15) is 16.2 Å². The highest BCUT2D eigenvalue weighted by Crippen LogP contribution is 2.15. The zero-order valence-corrected chi connectivity index (χ0v) is 8.58. The SMILES string of the molecule is Cc1nc2ccc(Br)cn2c1C=O. The molecule has 0 bridgehead atoms. The number of aromatic nitrogens is 2. The second-order valence-corrected chi connectivity index (χ2v) is 3.69. The highest BCUT2D eigenvalue weighted by molar-refractivity contribution is 9.10. The number of aryl methyl sites for hydroxylation is 1. The van der Waals surface area contributed by atoms with Gasteiger partial charge in [0.1, 0.15) is 11.3 Å². The molecular weight excluding hydrogens is 232 g/mol. The minimum absolute atomic E-state index is 0.608. The van der Waals surface area contributed by atoms with Gasteiger partial charge in [0.2, 0.25) is 0 Å². The lowest BCUT2D eigenvalue weighted by atomic mass is 10.4. The van der Waals surface area contributed by atoms with Gasteiger partial charge in [-0.15, -0.1) is 0 Å². The summed E-state index contributed by atoms with van der Waals surface area (Å²) in [5.41, 5.74) is 2.16. The molecule has 2 rings (SSSR count). The van der Waals surface area contributed by atoms with E-state index in [0.717, 1.165) is 22.1 Å². The molecule has 2 heterocycles. The zero-order chi connectivity index (χ0) is 9.42. The minimum Gasteiger partial charge on any atom is -0.296 e. The van der Waals surface area contributed by atoms with E-state index < -0.39 is 0 Å². The number of pyridine rings is 1. The van der Waals surface area contributed by atoms with Crippen LogP contribution in [0.25, 0.3) is 5.65 Å². The van der Waals surface area contributed by atoms with Crippen molar-refractivity contribution in [3.05, 3.63) is 34.2 Å². The fourth-order valence-electron chi connectivity index (χ4n) is 1.30. The van der Waals surface area contributed by atoms with Crippen molar-refractivity contribution >= 4 is 27.9 Å². The van der Waals surface area contributed by atoms with Crippen LogP contribution in [0.3, 0.4) is 0 Å². The smallest absolute Gasteiger partial charge is 0.168 e. The number of halogens is 1. The Morgan fingerprint density at radius 1 is 1.54 bits per heavy atom. The topological polar surface area (TPSA) is 34.4 Å². The average molecular weight is 239 g/mol. The summed E-state index contributed by atoms with van der Waals surface area (Å²) in [6, 6.07) is 3.76. The van der Waals surface area contributed by atoms with Crippen molar-refractivity contribution in [1.29, 1.82) is 0 Å². The van der Waals surface area contributed by atoms with Gasteiger partial charge < -0.3 is 0 Å². The second kappa shape index (κ2) is 2.96. The number of nitrogens with zero attached hydrogens (tertiary/aromatic N) is 2. The van der Waals surface area contributed by atoms with E-state index >= 15 is 0 Å². The van der Waals surface area contributed by atoms with Crippen molar-refractivity contribution in [2.45, 2.75) is 6.92 Å². The van der Waals surface area contributed by atoms with Gasteiger partial charge in [0.25, 0.3) is 0 Å². The summed E-state index contributed by atoms with van der Waals surface area (Å²) in [4.78, 5) is 15.0. The largest absolute Gasteiger partial charge is 0.296 e. The molecule has 66 valence electrons. The van der Waals surface area contributed by atoms with Crippen LogP contribution < -0.4 is 0 Å². The molecule has 0 aliphatic rings. The summed E-state index contributed by atoms with van der Waals surface area (Å²) in [6.07, 6.45) is 2.65. The third-order valence-electron chi connectivity index (χ3n) is 1.91. The van der Waals surface area contributed by atoms with Gasteiger partial charge in [-0.25, -0.2) is 4.98 Å². The molecule has 0 amide bonds. The maximum atomic E-state index is 10.7. The molecule has 0 atom stereocenters. The maximum Gasteiger partial charge on any atom is 0.168 e. The molecule has 0 radical (unpaired) electrons. The molecule has 2 aromatic heterocycles. The molecule has 13 heavy (non-hydrogen) atoms. The Labute approximate surface area is 83.5 Å². The summed E-state index contributed by atoms with van der Waals surface area (Å²) in [7, 11) is 0. The quantitative estimate of drug-likeness (QED) is 0.715. The van der Waals surface area contributed by atoms with E-state index in [1.807, 2.05) is 25.3 Å². The Morgan fingerprint density at radius 3 is 3.00 bits per heavy atom. The average Bonchev–Trinajstić information content (AvgIpc) is 2.40. The van der Waals surface area contributed by atoms with Crippen LogP contribution in [-0.2, 0) is 0 Å². The van der Waals surface area contributed by atoms with E-state index in [1.54, 1.807) is 4.40 Å². The van der Waals surface area contributed by atoms with E-state index in [2.05, 4.69) is 20.9 Å². The summed E-state index contributed by atoms with van der Waals surface area (Å²) in [5, 5.41) is 0.